The summed E-state index contributed by atoms with van der Waals surface area (Å²) in [4.78, 5) is 26.8. The Balaban J connectivity index is 2.38. The molecule has 0 saturated carbocycles. The van der Waals surface area contributed by atoms with Gasteiger partial charge in [-0.25, -0.2) is 9.37 Å². The Hall–Kier alpha value is -2.08. The lowest BCUT2D eigenvalue weighted by atomic mass is 10.1. The molecule has 104 valence electrons. The second-order valence-electron chi connectivity index (χ2n) is 4.14. The predicted octanol–water partition coefficient (Wildman–Crippen LogP) is 3.39. The first kappa shape index (κ1) is 14.3. The first-order valence-electron chi connectivity index (χ1n) is 5.90. The molecular formula is C14H12FNO3S. The summed E-state index contributed by atoms with van der Waals surface area (Å²) < 4.78 is 18.0. The molecule has 0 saturated heterocycles. The molecule has 0 aliphatic heterocycles. The molecule has 2 aromatic rings. The molecule has 20 heavy (non-hydrogen) atoms. The molecule has 1 aromatic carbocycles. The molecular weight excluding hydrogens is 281 g/mol. The van der Waals surface area contributed by atoms with E-state index in [4.69, 9.17) is 4.74 Å². The van der Waals surface area contributed by atoms with Gasteiger partial charge in [0.25, 0.3) is 0 Å². The third-order valence-electron chi connectivity index (χ3n) is 2.58. The molecule has 4 nitrogen and oxygen atoms in total. The number of hydrogen-bond donors (Lipinski definition) is 0. The summed E-state index contributed by atoms with van der Waals surface area (Å²) in [5, 5.41) is 0.529. The van der Waals surface area contributed by atoms with Crippen LogP contribution in [0.3, 0.4) is 0 Å². The van der Waals surface area contributed by atoms with Crippen LogP contribution in [0.2, 0.25) is 0 Å². The third kappa shape index (κ3) is 3.08. The van der Waals surface area contributed by atoms with Crippen LogP contribution in [0.1, 0.15) is 35.4 Å². The van der Waals surface area contributed by atoms with Crippen molar-refractivity contribution in [3.05, 3.63) is 40.8 Å². The first-order chi connectivity index (χ1) is 9.51. The number of benzene rings is 1. The smallest absolute Gasteiger partial charge is 0.303 e. The molecule has 1 heterocycles. The van der Waals surface area contributed by atoms with Crippen LogP contribution < -0.4 is 0 Å². The Labute approximate surface area is 119 Å². The average Bonchev–Trinajstić information content (AvgIpc) is 2.83. The average molecular weight is 293 g/mol. The number of rotatable bonds is 4. The van der Waals surface area contributed by atoms with Crippen molar-refractivity contribution < 1.29 is 18.7 Å². The zero-order valence-electron chi connectivity index (χ0n) is 10.9. The van der Waals surface area contributed by atoms with Crippen LogP contribution in [-0.4, -0.2) is 17.2 Å². The Morgan fingerprint density at radius 2 is 2.05 bits per heavy atom. The van der Waals surface area contributed by atoms with Crippen molar-refractivity contribution in [1.29, 1.82) is 0 Å². The number of aromatic nitrogens is 1. The summed E-state index contributed by atoms with van der Waals surface area (Å²) in [7, 11) is 0. The highest BCUT2D eigenvalue weighted by Crippen LogP contribution is 2.33. The lowest BCUT2D eigenvalue weighted by Crippen LogP contribution is -2.04. The first-order valence-corrected chi connectivity index (χ1v) is 6.72. The van der Waals surface area contributed by atoms with E-state index in [9.17, 15) is 14.0 Å². The van der Waals surface area contributed by atoms with E-state index in [0.29, 0.717) is 21.7 Å². The quantitative estimate of drug-likeness (QED) is 0.640. The van der Waals surface area contributed by atoms with Gasteiger partial charge in [0.2, 0.25) is 0 Å². The molecule has 0 aliphatic rings. The topological polar surface area (TPSA) is 56.3 Å². The number of esters is 1. The van der Waals surface area contributed by atoms with Gasteiger partial charge < -0.3 is 4.74 Å². The Morgan fingerprint density at radius 3 is 2.60 bits per heavy atom. The molecule has 0 spiro atoms. The van der Waals surface area contributed by atoms with Crippen molar-refractivity contribution in [3.8, 4) is 10.4 Å². The van der Waals surface area contributed by atoms with Gasteiger partial charge in [0.1, 0.15) is 16.5 Å². The van der Waals surface area contributed by atoms with E-state index >= 15 is 0 Å². The fourth-order valence-electron chi connectivity index (χ4n) is 1.71. The monoisotopic (exact) mass is 293 g/mol. The van der Waals surface area contributed by atoms with E-state index in [1.54, 1.807) is 19.1 Å². The molecule has 0 bridgehead atoms. The van der Waals surface area contributed by atoms with E-state index < -0.39 is 12.1 Å². The van der Waals surface area contributed by atoms with Gasteiger partial charge in [-0.05, 0) is 24.6 Å². The zero-order chi connectivity index (χ0) is 14.7. The SMILES string of the molecule is CC(=O)O[C@@H](C)c1nc(C=O)c(-c2ccc(F)cc2)s1. The van der Waals surface area contributed by atoms with Crippen LogP contribution in [0, 0.1) is 5.82 Å². The van der Waals surface area contributed by atoms with E-state index in [1.165, 1.54) is 30.4 Å². The van der Waals surface area contributed by atoms with E-state index in [1.807, 2.05) is 0 Å². The van der Waals surface area contributed by atoms with E-state index in [2.05, 4.69) is 4.98 Å². The largest absolute Gasteiger partial charge is 0.455 e. The zero-order valence-corrected chi connectivity index (χ0v) is 11.7. The number of aldehydes is 1. The number of ether oxygens (including phenoxy) is 1. The van der Waals surface area contributed by atoms with Crippen molar-refractivity contribution in [2.45, 2.75) is 20.0 Å². The van der Waals surface area contributed by atoms with Crippen LogP contribution in [0.4, 0.5) is 4.39 Å². The Kier molecular flexibility index (Phi) is 4.24. The number of hydrogen-bond acceptors (Lipinski definition) is 5. The van der Waals surface area contributed by atoms with E-state index in [0.717, 1.165) is 0 Å². The highest BCUT2D eigenvalue weighted by atomic mass is 32.1. The highest BCUT2D eigenvalue weighted by Gasteiger charge is 2.18. The predicted molar refractivity (Wildman–Crippen MR) is 73.1 cm³/mol. The minimum absolute atomic E-state index is 0.260. The summed E-state index contributed by atoms with van der Waals surface area (Å²) in [6.07, 6.45) is 0.115. The van der Waals surface area contributed by atoms with Crippen LogP contribution >= 0.6 is 11.3 Å². The molecule has 0 amide bonds. The van der Waals surface area contributed by atoms with Crippen molar-refractivity contribution in [2.75, 3.05) is 0 Å². The van der Waals surface area contributed by atoms with Crippen molar-refractivity contribution >= 4 is 23.6 Å². The number of carbonyl (C=O) groups is 2. The fourth-order valence-corrected chi connectivity index (χ4v) is 2.73. The number of halogens is 1. The van der Waals surface area contributed by atoms with E-state index in [-0.39, 0.29) is 11.5 Å². The molecule has 1 atom stereocenters. The maximum absolute atomic E-state index is 12.9. The van der Waals surface area contributed by atoms with Gasteiger partial charge in [-0.1, -0.05) is 12.1 Å². The normalized spacial score (nSPS) is 11.9. The van der Waals surface area contributed by atoms with Crippen LogP contribution in [0.25, 0.3) is 10.4 Å². The maximum Gasteiger partial charge on any atom is 0.303 e. The van der Waals surface area contributed by atoms with Gasteiger partial charge in [-0.3, -0.25) is 9.59 Å². The van der Waals surface area contributed by atoms with Crippen molar-refractivity contribution in [2.24, 2.45) is 0 Å². The lowest BCUT2D eigenvalue weighted by molar-refractivity contribution is -0.145. The van der Waals surface area contributed by atoms with Crippen LogP contribution in [0.15, 0.2) is 24.3 Å². The summed E-state index contributed by atoms with van der Waals surface area (Å²) in [5.41, 5.74) is 0.961. The summed E-state index contributed by atoms with van der Waals surface area (Å²) in [5.74, 6) is -0.761. The number of thiazole rings is 1. The van der Waals surface area contributed by atoms with Gasteiger partial charge in [-0.2, -0.15) is 0 Å². The fraction of sp³-hybridized carbons (Fsp3) is 0.214. The van der Waals surface area contributed by atoms with Crippen LogP contribution in [0.5, 0.6) is 0 Å². The highest BCUT2D eigenvalue weighted by molar-refractivity contribution is 7.15. The molecule has 0 fully saturated rings. The van der Waals surface area contributed by atoms with Gasteiger partial charge in [-0.15, -0.1) is 11.3 Å². The van der Waals surface area contributed by atoms with Crippen molar-refractivity contribution in [3.63, 3.8) is 0 Å². The summed E-state index contributed by atoms with van der Waals surface area (Å²) in [6.45, 7) is 2.99. The van der Waals surface area contributed by atoms with Gasteiger partial charge >= 0.3 is 5.97 Å². The Morgan fingerprint density at radius 1 is 1.40 bits per heavy atom. The standard InChI is InChI=1S/C14H12FNO3S/c1-8(19-9(2)18)14-16-12(7-17)13(20-14)10-3-5-11(15)6-4-10/h3-8H,1-2H3/t8-/m0/s1. The minimum atomic E-state index is -0.523. The van der Waals surface area contributed by atoms with Gasteiger partial charge in [0.05, 0.1) is 4.88 Å². The molecule has 0 radical (unpaired) electrons. The summed E-state index contributed by atoms with van der Waals surface area (Å²) >= 11 is 1.25. The second kappa shape index (κ2) is 5.92. The lowest BCUT2D eigenvalue weighted by Gasteiger charge is -2.07. The molecule has 0 unspecified atom stereocenters. The Bertz CT molecular complexity index is 636. The van der Waals surface area contributed by atoms with Gasteiger partial charge in [0.15, 0.2) is 12.4 Å². The summed E-state index contributed by atoms with van der Waals surface area (Å²) in [6, 6.07) is 5.80. The minimum Gasteiger partial charge on any atom is -0.455 e. The van der Waals surface area contributed by atoms with Crippen LogP contribution in [-0.2, 0) is 9.53 Å². The maximum atomic E-state index is 12.9. The molecule has 2 rings (SSSR count). The molecule has 6 heteroatoms. The number of carbonyl (C=O) groups excluding carboxylic acids is 2. The number of nitrogens with zero attached hydrogens (tertiary/aromatic N) is 1. The van der Waals surface area contributed by atoms with Crippen molar-refractivity contribution in [1.82, 2.24) is 4.98 Å². The molecule has 1 aromatic heterocycles. The third-order valence-corrected chi connectivity index (χ3v) is 3.86. The second-order valence-corrected chi connectivity index (χ2v) is 5.17. The molecule has 0 N–H and O–H groups in total. The van der Waals surface area contributed by atoms with Gasteiger partial charge in [0, 0.05) is 6.92 Å². The molecule has 0 aliphatic carbocycles.